The number of hydrogen-bond donors (Lipinski definition) is 1. The van der Waals surface area contributed by atoms with Gasteiger partial charge in [-0.25, -0.2) is 9.78 Å². The molecule has 0 aliphatic carbocycles. The van der Waals surface area contributed by atoms with Crippen LogP contribution in [0.2, 0.25) is 0 Å². The lowest BCUT2D eigenvalue weighted by atomic mass is 10.2. The van der Waals surface area contributed by atoms with E-state index in [0.717, 1.165) is 16.7 Å². The first-order valence-electron chi connectivity index (χ1n) is 11.7. The predicted octanol–water partition coefficient (Wildman–Crippen LogP) is 1.71. The van der Waals surface area contributed by atoms with Crippen molar-refractivity contribution in [1.82, 2.24) is 23.8 Å². The van der Waals surface area contributed by atoms with E-state index in [2.05, 4.69) is 16.2 Å². The van der Waals surface area contributed by atoms with Crippen molar-refractivity contribution in [3.63, 3.8) is 0 Å². The van der Waals surface area contributed by atoms with Crippen LogP contribution in [0.5, 0.6) is 5.75 Å². The first-order chi connectivity index (χ1) is 18.2. The van der Waals surface area contributed by atoms with Crippen molar-refractivity contribution in [1.29, 1.82) is 0 Å². The van der Waals surface area contributed by atoms with E-state index in [1.54, 1.807) is 22.7 Å². The molecule has 0 bridgehead atoms. The number of rotatable bonds is 10. The Morgan fingerprint density at radius 1 is 1.16 bits per heavy atom. The minimum Gasteiger partial charge on any atom is -0.481 e. The highest BCUT2D eigenvalue weighted by atomic mass is 32.3. The van der Waals surface area contributed by atoms with Crippen molar-refractivity contribution >= 4 is 32.9 Å². The number of imidazole rings is 1. The van der Waals surface area contributed by atoms with Crippen LogP contribution in [0, 0.1) is 12.3 Å². The molecule has 1 amide bonds. The summed E-state index contributed by atoms with van der Waals surface area (Å²) in [6, 6.07) is 7.68. The summed E-state index contributed by atoms with van der Waals surface area (Å²) in [5.74, 6) is 2.35. The van der Waals surface area contributed by atoms with Gasteiger partial charge in [0.1, 0.15) is 18.0 Å². The van der Waals surface area contributed by atoms with E-state index in [-0.39, 0.29) is 43.0 Å². The Kier molecular flexibility index (Phi) is 7.63. The van der Waals surface area contributed by atoms with Crippen LogP contribution in [-0.4, -0.2) is 46.0 Å². The Hall–Kier alpha value is -4.44. The maximum atomic E-state index is 13.2. The van der Waals surface area contributed by atoms with Crippen LogP contribution in [0.25, 0.3) is 16.8 Å². The molecule has 13 heteroatoms. The second kappa shape index (κ2) is 10.9. The number of hydrogen-bond acceptors (Lipinski definition) is 7. The number of aryl methyl sites for hydroxylation is 1. The number of pyridine rings is 1. The van der Waals surface area contributed by atoms with Crippen LogP contribution in [0.1, 0.15) is 30.1 Å². The number of halogens is 1. The van der Waals surface area contributed by atoms with E-state index in [4.69, 9.17) is 11.2 Å². The Morgan fingerprint density at radius 2 is 1.89 bits per heavy atom. The quantitative estimate of drug-likeness (QED) is 0.184. The second-order valence-electron chi connectivity index (χ2n) is 8.33. The van der Waals surface area contributed by atoms with Gasteiger partial charge in [-0.15, -0.1) is 10.3 Å². The molecule has 1 N–H and O–H groups in total. The van der Waals surface area contributed by atoms with Crippen LogP contribution < -0.4 is 21.3 Å². The van der Waals surface area contributed by atoms with Crippen LogP contribution in [-0.2, 0) is 23.3 Å². The average molecular weight is 542 g/mol. The number of fused-ring (bicyclic) bond motifs is 3. The standard InChI is InChI=1S/C25H24FN5O6S/c1-3-12-31-24(33)21-22(28-20-16-18(37-15-4-2)10-14-29(20)21)30(25(31)34)13-5-11-27-23(32)17-6-8-19(9-7-17)38(26,35)36/h2,6-10,14,16H,3,5,11-13,15H2,1H3,(H,27,32). The number of amides is 1. The first kappa shape index (κ1) is 26.6. The molecule has 0 aliphatic rings. The number of ether oxygens (including phenoxy) is 1. The molecule has 38 heavy (non-hydrogen) atoms. The van der Waals surface area contributed by atoms with Crippen molar-refractivity contribution in [3.8, 4) is 18.1 Å². The summed E-state index contributed by atoms with van der Waals surface area (Å²) in [6.07, 6.45) is 7.77. The average Bonchev–Trinajstić information content (AvgIpc) is 3.27. The molecule has 3 heterocycles. The molecule has 0 aliphatic heterocycles. The molecule has 0 saturated heterocycles. The fourth-order valence-corrected chi connectivity index (χ4v) is 4.46. The van der Waals surface area contributed by atoms with Gasteiger partial charge in [-0.2, -0.15) is 8.42 Å². The molecule has 0 saturated carbocycles. The SMILES string of the molecule is C#CCOc1ccn2c(c1)nc1c2c(=O)n(CCC)c(=O)n1CCCNC(=O)c1ccc(S(=O)(=O)F)cc1. The molecule has 4 aromatic rings. The highest BCUT2D eigenvalue weighted by Gasteiger charge is 2.19. The molecule has 11 nitrogen and oxygen atoms in total. The number of nitrogens with one attached hydrogen (secondary N) is 1. The lowest BCUT2D eigenvalue weighted by Gasteiger charge is -2.11. The van der Waals surface area contributed by atoms with E-state index in [9.17, 15) is 26.7 Å². The number of benzene rings is 1. The fraction of sp³-hybridized carbons (Fsp3) is 0.280. The number of aromatic nitrogens is 4. The monoisotopic (exact) mass is 541 g/mol. The van der Waals surface area contributed by atoms with Crippen molar-refractivity contribution in [2.75, 3.05) is 13.2 Å². The Labute approximate surface area is 216 Å². The molecule has 0 spiro atoms. The zero-order chi connectivity index (χ0) is 27.4. The number of carbonyl (C=O) groups excluding carboxylic acids is 1. The van der Waals surface area contributed by atoms with Crippen LogP contribution in [0.4, 0.5) is 3.89 Å². The normalized spacial score (nSPS) is 11.5. The third-order valence-corrected chi connectivity index (χ3v) is 6.59. The first-order valence-corrected chi connectivity index (χ1v) is 13.1. The molecular formula is C25H24FN5O6S. The second-order valence-corrected chi connectivity index (χ2v) is 9.68. The van der Waals surface area contributed by atoms with Gasteiger partial charge in [-0.3, -0.25) is 23.1 Å². The third-order valence-electron chi connectivity index (χ3n) is 5.76. The van der Waals surface area contributed by atoms with Gasteiger partial charge in [0.15, 0.2) is 11.2 Å². The van der Waals surface area contributed by atoms with Gasteiger partial charge in [0.2, 0.25) is 0 Å². The van der Waals surface area contributed by atoms with Crippen LogP contribution in [0.15, 0.2) is 57.1 Å². The Bertz CT molecular complexity index is 1780. The van der Waals surface area contributed by atoms with Crippen molar-refractivity contribution in [2.24, 2.45) is 0 Å². The topological polar surface area (TPSA) is 134 Å². The molecule has 0 radical (unpaired) electrons. The summed E-state index contributed by atoms with van der Waals surface area (Å²) < 4.78 is 44.5. The summed E-state index contributed by atoms with van der Waals surface area (Å²) in [5.41, 5.74) is 0.0304. The molecular weight excluding hydrogens is 517 g/mol. The van der Waals surface area contributed by atoms with Gasteiger partial charge in [-0.05, 0) is 43.2 Å². The van der Waals surface area contributed by atoms with Gasteiger partial charge in [0.25, 0.3) is 11.5 Å². The highest BCUT2D eigenvalue weighted by molar-refractivity contribution is 7.86. The van der Waals surface area contributed by atoms with E-state index in [1.165, 1.54) is 16.7 Å². The fourth-order valence-electron chi connectivity index (χ4n) is 4.00. The van der Waals surface area contributed by atoms with Gasteiger partial charge in [0.05, 0.1) is 4.90 Å². The lowest BCUT2D eigenvalue weighted by molar-refractivity contribution is 0.0952. The summed E-state index contributed by atoms with van der Waals surface area (Å²) in [5, 5.41) is 2.68. The van der Waals surface area contributed by atoms with Gasteiger partial charge in [0, 0.05) is 37.5 Å². The zero-order valence-electron chi connectivity index (χ0n) is 20.4. The molecule has 3 aromatic heterocycles. The third kappa shape index (κ3) is 5.30. The van der Waals surface area contributed by atoms with Crippen LogP contribution >= 0.6 is 0 Å². The number of nitrogens with zero attached hydrogens (tertiary/aromatic N) is 4. The minimum absolute atomic E-state index is 0.0647. The maximum absolute atomic E-state index is 13.2. The van der Waals surface area contributed by atoms with E-state index in [1.807, 2.05) is 6.92 Å². The summed E-state index contributed by atoms with van der Waals surface area (Å²) in [6.45, 7) is 2.47. The maximum Gasteiger partial charge on any atom is 0.332 e. The molecule has 4 rings (SSSR count). The van der Waals surface area contributed by atoms with Gasteiger partial charge in [-0.1, -0.05) is 12.8 Å². The molecule has 0 fully saturated rings. The smallest absolute Gasteiger partial charge is 0.332 e. The minimum atomic E-state index is -4.86. The molecule has 0 atom stereocenters. The zero-order valence-corrected chi connectivity index (χ0v) is 21.2. The molecule has 0 unspecified atom stereocenters. The Morgan fingerprint density at radius 3 is 2.55 bits per heavy atom. The van der Waals surface area contributed by atoms with Crippen LogP contribution in [0.3, 0.4) is 0 Å². The Balaban J connectivity index is 1.59. The van der Waals surface area contributed by atoms with E-state index < -0.39 is 32.3 Å². The van der Waals surface area contributed by atoms with E-state index in [0.29, 0.717) is 24.2 Å². The highest BCUT2D eigenvalue weighted by Crippen LogP contribution is 2.18. The van der Waals surface area contributed by atoms with Crippen molar-refractivity contribution in [2.45, 2.75) is 37.8 Å². The van der Waals surface area contributed by atoms with Crippen molar-refractivity contribution in [3.05, 3.63) is 69.0 Å². The van der Waals surface area contributed by atoms with Gasteiger partial charge < -0.3 is 10.1 Å². The molecule has 198 valence electrons. The lowest BCUT2D eigenvalue weighted by Crippen LogP contribution is -2.40. The van der Waals surface area contributed by atoms with Gasteiger partial charge >= 0.3 is 15.9 Å². The summed E-state index contributed by atoms with van der Waals surface area (Å²) in [4.78, 5) is 42.8. The largest absolute Gasteiger partial charge is 0.481 e. The number of carbonyl (C=O) groups is 1. The summed E-state index contributed by atoms with van der Waals surface area (Å²) in [7, 11) is -4.86. The summed E-state index contributed by atoms with van der Waals surface area (Å²) >= 11 is 0. The predicted molar refractivity (Wildman–Crippen MR) is 138 cm³/mol. The number of terminal acetylenes is 1. The molecule has 1 aromatic carbocycles. The van der Waals surface area contributed by atoms with E-state index >= 15 is 0 Å². The van der Waals surface area contributed by atoms with Crippen molar-refractivity contribution < 1.29 is 21.8 Å².